The smallest absolute Gasteiger partial charge is 0.195 e. The maximum atomic E-state index is 11.7. The standard InChI is InChI=1S/C14H6N4O2/c15-5-11(6-16)13(19)9-1-2-10(4-3-9)14(20)12(7-17)8-18/h1-4,11-12H. The molecule has 6 heteroatoms. The van der Waals surface area contributed by atoms with E-state index in [4.69, 9.17) is 21.0 Å². The number of nitrogens with zero attached hydrogens (tertiary/aromatic N) is 4. The lowest BCUT2D eigenvalue weighted by Crippen LogP contribution is -2.13. The predicted molar refractivity (Wildman–Crippen MR) is 64.5 cm³/mol. The zero-order valence-corrected chi connectivity index (χ0v) is 10.1. The van der Waals surface area contributed by atoms with Crippen molar-refractivity contribution in [2.45, 2.75) is 0 Å². The average Bonchev–Trinajstić information content (AvgIpc) is 2.49. The van der Waals surface area contributed by atoms with Crippen LogP contribution in [0.1, 0.15) is 20.7 Å². The van der Waals surface area contributed by atoms with Gasteiger partial charge < -0.3 is 0 Å². The molecule has 1 aromatic carbocycles. The number of carbonyl (C=O) groups excluding carboxylic acids is 2. The van der Waals surface area contributed by atoms with Gasteiger partial charge in [0.15, 0.2) is 23.4 Å². The summed E-state index contributed by atoms with van der Waals surface area (Å²) in [5.74, 6) is -4.12. The van der Waals surface area contributed by atoms with E-state index in [0.717, 1.165) is 0 Å². The zero-order chi connectivity index (χ0) is 15.1. The molecular formula is C14H6N4O2. The molecule has 20 heavy (non-hydrogen) atoms. The maximum Gasteiger partial charge on any atom is 0.195 e. The molecule has 1 aromatic rings. The third-order valence-electron chi connectivity index (χ3n) is 2.49. The molecule has 0 aliphatic carbocycles. The molecule has 0 saturated heterocycles. The van der Waals surface area contributed by atoms with E-state index in [9.17, 15) is 9.59 Å². The Balaban J connectivity index is 3.03. The third-order valence-corrected chi connectivity index (χ3v) is 2.49. The van der Waals surface area contributed by atoms with Gasteiger partial charge in [0, 0.05) is 11.1 Å². The van der Waals surface area contributed by atoms with Crippen LogP contribution < -0.4 is 0 Å². The fraction of sp³-hybridized carbons (Fsp3) is 0.143. The highest BCUT2D eigenvalue weighted by atomic mass is 16.1. The number of carbonyl (C=O) groups is 2. The number of ketones is 2. The van der Waals surface area contributed by atoms with E-state index in [-0.39, 0.29) is 11.1 Å². The quantitative estimate of drug-likeness (QED) is 0.753. The van der Waals surface area contributed by atoms with Crippen LogP contribution in [0.4, 0.5) is 0 Å². The van der Waals surface area contributed by atoms with Gasteiger partial charge in [-0.2, -0.15) is 21.0 Å². The third kappa shape index (κ3) is 2.85. The van der Waals surface area contributed by atoms with Gasteiger partial charge in [-0.1, -0.05) is 24.3 Å². The molecule has 0 saturated carbocycles. The van der Waals surface area contributed by atoms with Gasteiger partial charge in [-0.25, -0.2) is 0 Å². The number of rotatable bonds is 4. The Labute approximate surface area is 114 Å². The molecule has 0 heterocycles. The van der Waals surface area contributed by atoms with Crippen molar-refractivity contribution in [1.82, 2.24) is 0 Å². The van der Waals surface area contributed by atoms with E-state index < -0.39 is 23.4 Å². The molecule has 0 aliphatic rings. The Kier molecular flexibility index (Phi) is 4.70. The monoisotopic (exact) mass is 262 g/mol. The first-order chi connectivity index (χ1) is 9.58. The molecule has 94 valence electrons. The van der Waals surface area contributed by atoms with Crippen LogP contribution in [0.5, 0.6) is 0 Å². The van der Waals surface area contributed by atoms with E-state index >= 15 is 0 Å². The van der Waals surface area contributed by atoms with E-state index in [1.807, 2.05) is 0 Å². The maximum absolute atomic E-state index is 11.7. The van der Waals surface area contributed by atoms with Crippen molar-refractivity contribution >= 4 is 11.6 Å². The van der Waals surface area contributed by atoms with Gasteiger partial charge in [-0.05, 0) is 0 Å². The molecule has 0 N–H and O–H groups in total. The summed E-state index contributed by atoms with van der Waals surface area (Å²) in [6.07, 6.45) is 0. The van der Waals surface area contributed by atoms with Crippen molar-refractivity contribution in [2.75, 3.05) is 0 Å². The van der Waals surface area contributed by atoms with E-state index in [0.29, 0.717) is 0 Å². The van der Waals surface area contributed by atoms with Gasteiger partial charge in [0.05, 0.1) is 24.3 Å². The highest BCUT2D eigenvalue weighted by Crippen LogP contribution is 2.13. The normalized spacial score (nSPS) is 9.10. The number of hydrogen-bond donors (Lipinski definition) is 0. The number of benzene rings is 1. The van der Waals surface area contributed by atoms with Crippen molar-refractivity contribution in [3.63, 3.8) is 0 Å². The minimum Gasteiger partial charge on any atom is -0.291 e. The first-order valence-electron chi connectivity index (χ1n) is 5.36. The highest BCUT2D eigenvalue weighted by molar-refractivity contribution is 6.04. The van der Waals surface area contributed by atoms with E-state index in [1.54, 1.807) is 24.3 Å². The average molecular weight is 262 g/mol. The van der Waals surface area contributed by atoms with Crippen molar-refractivity contribution in [3.05, 3.63) is 35.4 Å². The number of hydrogen-bond acceptors (Lipinski definition) is 6. The van der Waals surface area contributed by atoms with Gasteiger partial charge in [-0.15, -0.1) is 0 Å². The Bertz CT molecular complexity index is 617. The fourth-order valence-electron chi connectivity index (χ4n) is 1.42. The van der Waals surface area contributed by atoms with Crippen LogP contribution in [-0.2, 0) is 0 Å². The summed E-state index contributed by atoms with van der Waals surface area (Å²) >= 11 is 0. The lowest BCUT2D eigenvalue weighted by molar-refractivity contribution is 0.0959. The second-order valence-corrected chi connectivity index (χ2v) is 3.69. The Morgan fingerprint density at radius 3 is 1.15 bits per heavy atom. The molecule has 0 bridgehead atoms. The molecule has 0 amide bonds. The van der Waals surface area contributed by atoms with Crippen molar-refractivity contribution in [1.29, 1.82) is 21.0 Å². The Morgan fingerprint density at radius 2 is 0.950 bits per heavy atom. The Morgan fingerprint density at radius 1 is 0.700 bits per heavy atom. The van der Waals surface area contributed by atoms with Crippen LogP contribution in [0, 0.1) is 57.2 Å². The molecule has 0 spiro atoms. The minimum atomic E-state index is -1.40. The highest BCUT2D eigenvalue weighted by Gasteiger charge is 2.21. The SMILES string of the molecule is N#CC(C#N)C(=O)c1ccc(C(=O)C(C#N)C#N)cc1. The zero-order valence-electron chi connectivity index (χ0n) is 10.1. The summed E-state index contributed by atoms with van der Waals surface area (Å²) in [7, 11) is 0. The molecule has 0 unspecified atom stereocenters. The van der Waals surface area contributed by atoms with Gasteiger partial charge in [0.2, 0.25) is 0 Å². The van der Waals surface area contributed by atoms with Crippen molar-refractivity contribution in [2.24, 2.45) is 11.8 Å². The number of nitriles is 4. The molecule has 1 rings (SSSR count). The second kappa shape index (κ2) is 6.45. The molecule has 0 fully saturated rings. The second-order valence-electron chi connectivity index (χ2n) is 3.69. The minimum absolute atomic E-state index is 0.111. The summed E-state index contributed by atoms with van der Waals surface area (Å²) in [5, 5.41) is 34.5. The summed E-state index contributed by atoms with van der Waals surface area (Å²) in [6, 6.07) is 11.4. The first-order valence-corrected chi connectivity index (χ1v) is 5.36. The van der Waals surface area contributed by atoms with Crippen molar-refractivity contribution in [3.8, 4) is 24.3 Å². The topological polar surface area (TPSA) is 129 Å². The number of Topliss-reactive ketones (excluding diaryl/α,β-unsaturated/α-hetero) is 2. The van der Waals surface area contributed by atoms with Crippen LogP contribution in [-0.4, -0.2) is 11.6 Å². The van der Waals surface area contributed by atoms with Gasteiger partial charge in [0.25, 0.3) is 0 Å². The molecule has 0 aromatic heterocycles. The summed E-state index contributed by atoms with van der Waals surface area (Å²) in [5.41, 5.74) is 0.222. The summed E-state index contributed by atoms with van der Waals surface area (Å²) in [4.78, 5) is 23.4. The first kappa shape index (κ1) is 14.6. The Hall–Kier alpha value is -3.48. The van der Waals surface area contributed by atoms with Gasteiger partial charge >= 0.3 is 0 Å². The van der Waals surface area contributed by atoms with Crippen molar-refractivity contribution < 1.29 is 9.59 Å². The summed E-state index contributed by atoms with van der Waals surface area (Å²) in [6.45, 7) is 0. The molecule has 0 aliphatic heterocycles. The predicted octanol–water partition coefficient (Wildman–Crippen LogP) is 1.38. The van der Waals surface area contributed by atoms with Crippen LogP contribution in [0.15, 0.2) is 24.3 Å². The van der Waals surface area contributed by atoms with Crippen LogP contribution in [0.25, 0.3) is 0 Å². The lowest BCUT2D eigenvalue weighted by atomic mass is 9.95. The molecular weight excluding hydrogens is 256 g/mol. The van der Waals surface area contributed by atoms with E-state index in [1.165, 1.54) is 24.3 Å². The largest absolute Gasteiger partial charge is 0.291 e. The van der Waals surface area contributed by atoms with Crippen LogP contribution >= 0.6 is 0 Å². The lowest BCUT2D eigenvalue weighted by Gasteiger charge is -2.03. The molecule has 0 radical (unpaired) electrons. The fourth-order valence-corrected chi connectivity index (χ4v) is 1.42. The van der Waals surface area contributed by atoms with Crippen LogP contribution in [0.3, 0.4) is 0 Å². The van der Waals surface area contributed by atoms with Gasteiger partial charge in [-0.3, -0.25) is 9.59 Å². The molecule has 6 nitrogen and oxygen atoms in total. The van der Waals surface area contributed by atoms with E-state index in [2.05, 4.69) is 0 Å². The van der Waals surface area contributed by atoms with Crippen LogP contribution in [0.2, 0.25) is 0 Å². The summed E-state index contributed by atoms with van der Waals surface area (Å²) < 4.78 is 0. The van der Waals surface area contributed by atoms with Gasteiger partial charge in [0.1, 0.15) is 0 Å². The molecule has 0 atom stereocenters.